The lowest BCUT2D eigenvalue weighted by atomic mass is 10.1. The highest BCUT2D eigenvalue weighted by Gasteiger charge is 2.33. The zero-order valence-corrected chi connectivity index (χ0v) is 15.9. The highest BCUT2D eigenvalue weighted by Crippen LogP contribution is 2.27. The summed E-state index contributed by atoms with van der Waals surface area (Å²) < 4.78 is 49.3. The lowest BCUT2D eigenvalue weighted by molar-refractivity contribution is -0.420. The van der Waals surface area contributed by atoms with Gasteiger partial charge in [-0.1, -0.05) is 18.2 Å². The molecule has 1 aliphatic heterocycles. The van der Waals surface area contributed by atoms with Crippen molar-refractivity contribution >= 4 is 19.7 Å². The third-order valence-electron chi connectivity index (χ3n) is 3.81. The standard InChI is InChI=1S/C16H20N2O6S2/c1-25(21,22)13-16(26(23,24)14-8-4-2-5-9-14)15(18(19)20)12-17-10-6-3-7-11-17/h2,4-5,8-9,12-13H,3,6-7,10-11H2,1H3/b15-12+,16-13+. The van der Waals surface area contributed by atoms with Crippen LogP contribution in [0.15, 0.2) is 57.4 Å². The van der Waals surface area contributed by atoms with Crippen LogP contribution in [0, 0.1) is 10.1 Å². The number of benzene rings is 1. The first-order valence-electron chi connectivity index (χ1n) is 7.94. The lowest BCUT2D eigenvalue weighted by Crippen LogP contribution is -2.26. The number of nitrogens with zero attached hydrogens (tertiary/aromatic N) is 2. The molecule has 142 valence electrons. The Morgan fingerprint density at radius 1 is 1.08 bits per heavy atom. The topological polar surface area (TPSA) is 115 Å². The fourth-order valence-electron chi connectivity index (χ4n) is 2.60. The molecule has 0 aromatic heterocycles. The number of sulfone groups is 2. The maximum atomic E-state index is 12.9. The molecule has 0 amide bonds. The van der Waals surface area contributed by atoms with Gasteiger partial charge in [0, 0.05) is 19.3 Å². The molecule has 0 bridgehead atoms. The summed E-state index contributed by atoms with van der Waals surface area (Å²) in [4.78, 5) is 11.3. The van der Waals surface area contributed by atoms with Crippen molar-refractivity contribution in [2.24, 2.45) is 0 Å². The summed E-state index contributed by atoms with van der Waals surface area (Å²) in [6, 6.07) is 7.06. The predicted molar refractivity (Wildman–Crippen MR) is 97.1 cm³/mol. The second-order valence-corrected chi connectivity index (χ2v) is 9.81. The van der Waals surface area contributed by atoms with Crippen molar-refractivity contribution < 1.29 is 21.8 Å². The second-order valence-electron chi connectivity index (χ2n) is 6.00. The Morgan fingerprint density at radius 2 is 1.65 bits per heavy atom. The molecule has 0 radical (unpaired) electrons. The maximum absolute atomic E-state index is 12.9. The van der Waals surface area contributed by atoms with Gasteiger partial charge in [-0.25, -0.2) is 16.8 Å². The summed E-state index contributed by atoms with van der Waals surface area (Å²) in [6.45, 7) is 1.10. The number of likely N-dealkylation sites (tertiary alicyclic amines) is 1. The summed E-state index contributed by atoms with van der Waals surface area (Å²) in [5, 5.41) is 12.0. The van der Waals surface area contributed by atoms with E-state index < -0.39 is 35.2 Å². The van der Waals surface area contributed by atoms with Gasteiger partial charge in [0.25, 0.3) is 0 Å². The minimum absolute atomic E-state index is 0.207. The first-order chi connectivity index (χ1) is 12.1. The number of hydrogen-bond acceptors (Lipinski definition) is 7. The molecule has 0 saturated carbocycles. The van der Waals surface area contributed by atoms with Crippen LogP contribution in [0.1, 0.15) is 19.3 Å². The van der Waals surface area contributed by atoms with Crippen molar-refractivity contribution in [3.8, 4) is 0 Å². The van der Waals surface area contributed by atoms with Gasteiger partial charge in [-0.15, -0.1) is 0 Å². The molecule has 1 aliphatic rings. The van der Waals surface area contributed by atoms with Crippen LogP contribution in [0.3, 0.4) is 0 Å². The summed E-state index contributed by atoms with van der Waals surface area (Å²) in [7, 11) is -8.32. The van der Waals surface area contributed by atoms with Gasteiger partial charge in [-0.05, 0) is 31.4 Å². The molecule has 1 heterocycles. The van der Waals surface area contributed by atoms with Crippen LogP contribution in [-0.4, -0.2) is 46.0 Å². The number of piperidine rings is 1. The van der Waals surface area contributed by atoms with E-state index in [9.17, 15) is 26.9 Å². The van der Waals surface area contributed by atoms with Crippen molar-refractivity contribution in [1.29, 1.82) is 0 Å². The Morgan fingerprint density at radius 3 is 2.15 bits per heavy atom. The van der Waals surface area contributed by atoms with Crippen LogP contribution in [0.4, 0.5) is 0 Å². The highest BCUT2D eigenvalue weighted by atomic mass is 32.2. The molecule has 26 heavy (non-hydrogen) atoms. The van der Waals surface area contributed by atoms with Gasteiger partial charge in [0.2, 0.25) is 9.84 Å². The van der Waals surface area contributed by atoms with Gasteiger partial charge in [0.1, 0.15) is 0 Å². The molecule has 10 heteroatoms. The van der Waals surface area contributed by atoms with E-state index in [0.29, 0.717) is 18.5 Å². The highest BCUT2D eigenvalue weighted by molar-refractivity contribution is 7.98. The van der Waals surface area contributed by atoms with Crippen molar-refractivity contribution in [3.63, 3.8) is 0 Å². The van der Waals surface area contributed by atoms with Gasteiger partial charge < -0.3 is 4.90 Å². The Kier molecular flexibility index (Phi) is 6.19. The van der Waals surface area contributed by atoms with Crippen LogP contribution in [0.5, 0.6) is 0 Å². The maximum Gasteiger partial charge on any atom is 0.304 e. The molecule has 1 aromatic rings. The molecule has 0 atom stereocenters. The largest absolute Gasteiger partial charge is 0.372 e. The normalized spacial score (nSPS) is 17.2. The van der Waals surface area contributed by atoms with E-state index in [2.05, 4.69) is 0 Å². The molecule has 1 fully saturated rings. The summed E-state index contributed by atoms with van der Waals surface area (Å²) in [6.07, 6.45) is 4.59. The van der Waals surface area contributed by atoms with Crippen molar-refractivity contribution in [1.82, 2.24) is 4.90 Å². The molecule has 8 nitrogen and oxygen atoms in total. The Labute approximate surface area is 152 Å². The molecule has 0 spiro atoms. The van der Waals surface area contributed by atoms with E-state index in [1.807, 2.05) is 0 Å². The van der Waals surface area contributed by atoms with Gasteiger partial charge in [0.05, 0.1) is 21.4 Å². The van der Waals surface area contributed by atoms with Crippen LogP contribution in [0.2, 0.25) is 0 Å². The Hall–Kier alpha value is -2.20. The van der Waals surface area contributed by atoms with Crippen LogP contribution < -0.4 is 0 Å². The third kappa shape index (κ3) is 5.15. The summed E-state index contributed by atoms with van der Waals surface area (Å²) >= 11 is 0. The third-order valence-corrected chi connectivity index (χ3v) is 6.42. The molecular formula is C16H20N2O6S2. The minimum atomic E-state index is -4.38. The quantitative estimate of drug-likeness (QED) is 0.407. The van der Waals surface area contributed by atoms with Crippen molar-refractivity contribution in [3.05, 3.63) is 62.7 Å². The molecule has 1 aromatic carbocycles. The van der Waals surface area contributed by atoms with Gasteiger partial charge >= 0.3 is 5.70 Å². The smallest absolute Gasteiger partial charge is 0.304 e. The van der Waals surface area contributed by atoms with Crippen molar-refractivity contribution in [2.45, 2.75) is 24.2 Å². The fourth-order valence-corrected chi connectivity index (χ4v) is 5.32. The predicted octanol–water partition coefficient (Wildman–Crippen LogP) is 1.95. The second kappa shape index (κ2) is 8.00. The van der Waals surface area contributed by atoms with E-state index in [0.717, 1.165) is 31.7 Å². The zero-order valence-electron chi connectivity index (χ0n) is 14.2. The van der Waals surface area contributed by atoms with Crippen LogP contribution >= 0.6 is 0 Å². The number of hydrogen-bond donors (Lipinski definition) is 0. The average Bonchev–Trinajstić information content (AvgIpc) is 2.58. The van der Waals surface area contributed by atoms with Gasteiger partial charge in [0.15, 0.2) is 14.7 Å². The number of rotatable bonds is 6. The van der Waals surface area contributed by atoms with Gasteiger partial charge in [-0.2, -0.15) is 0 Å². The Bertz CT molecular complexity index is 928. The molecule has 2 rings (SSSR count). The molecule has 0 N–H and O–H groups in total. The average molecular weight is 400 g/mol. The van der Waals surface area contributed by atoms with E-state index in [1.54, 1.807) is 11.0 Å². The number of nitro groups is 1. The summed E-state index contributed by atoms with van der Waals surface area (Å²) in [5.74, 6) is 0. The van der Waals surface area contributed by atoms with E-state index in [-0.39, 0.29) is 4.90 Å². The first-order valence-corrected chi connectivity index (χ1v) is 11.4. The minimum Gasteiger partial charge on any atom is -0.372 e. The SMILES string of the molecule is CS(=O)(=O)/C=C(\C(=C/N1CCCCC1)[N+](=O)[O-])S(=O)(=O)c1ccccc1. The lowest BCUT2D eigenvalue weighted by Gasteiger charge is -2.24. The van der Waals surface area contributed by atoms with Crippen molar-refractivity contribution in [2.75, 3.05) is 19.3 Å². The van der Waals surface area contributed by atoms with Crippen LogP contribution in [0.25, 0.3) is 0 Å². The fraction of sp³-hybridized carbons (Fsp3) is 0.375. The van der Waals surface area contributed by atoms with E-state index >= 15 is 0 Å². The summed E-state index contributed by atoms with van der Waals surface area (Å²) in [5.41, 5.74) is -0.749. The Balaban J connectivity index is 2.65. The molecule has 0 aliphatic carbocycles. The van der Waals surface area contributed by atoms with E-state index in [4.69, 9.17) is 0 Å². The molecule has 0 unspecified atom stereocenters. The zero-order chi connectivity index (χ0) is 19.4. The molecule has 1 saturated heterocycles. The first kappa shape index (κ1) is 20.1. The van der Waals surface area contributed by atoms with Gasteiger partial charge in [-0.3, -0.25) is 10.1 Å². The molecular weight excluding hydrogens is 380 g/mol. The van der Waals surface area contributed by atoms with Crippen LogP contribution in [-0.2, 0) is 19.7 Å². The monoisotopic (exact) mass is 400 g/mol. The van der Waals surface area contributed by atoms with E-state index in [1.165, 1.54) is 24.3 Å².